The summed E-state index contributed by atoms with van der Waals surface area (Å²) in [7, 11) is 1.89. The number of anilines is 1. The summed E-state index contributed by atoms with van der Waals surface area (Å²) in [6.07, 6.45) is 2.29. The van der Waals surface area contributed by atoms with Crippen LogP contribution in [0.5, 0.6) is 0 Å². The predicted octanol–water partition coefficient (Wildman–Crippen LogP) is 2.57. The Balaban J connectivity index is 2.02. The van der Waals surface area contributed by atoms with E-state index in [0.29, 0.717) is 12.0 Å². The van der Waals surface area contributed by atoms with Crippen LogP contribution in [0.2, 0.25) is 0 Å². The third-order valence-electron chi connectivity index (χ3n) is 3.52. The van der Waals surface area contributed by atoms with Crippen LogP contribution in [0.3, 0.4) is 0 Å². The fourth-order valence-electron chi connectivity index (χ4n) is 2.21. The van der Waals surface area contributed by atoms with Crippen molar-refractivity contribution < 1.29 is 4.79 Å². The number of carbonyl (C=O) groups is 1. The third kappa shape index (κ3) is 2.60. The van der Waals surface area contributed by atoms with Crippen LogP contribution in [-0.4, -0.2) is 19.0 Å². The van der Waals surface area contributed by atoms with Crippen LogP contribution in [0.1, 0.15) is 35.7 Å². The molecule has 2 N–H and O–H groups in total. The molecule has 0 radical (unpaired) electrons. The summed E-state index contributed by atoms with van der Waals surface area (Å²) >= 11 is 0. The van der Waals surface area contributed by atoms with Crippen molar-refractivity contribution in [2.24, 2.45) is 5.92 Å². The van der Waals surface area contributed by atoms with Gasteiger partial charge in [0.25, 0.3) is 5.91 Å². The quantitative estimate of drug-likeness (QED) is 0.837. The molecule has 1 saturated carbocycles. The van der Waals surface area contributed by atoms with Gasteiger partial charge in [-0.05, 0) is 43.0 Å². The molecule has 0 bridgehead atoms. The molecular formula is C14H20N2O. The van der Waals surface area contributed by atoms with E-state index in [1.54, 1.807) is 0 Å². The van der Waals surface area contributed by atoms with E-state index >= 15 is 0 Å². The Morgan fingerprint density at radius 3 is 2.76 bits per heavy atom. The van der Waals surface area contributed by atoms with Crippen LogP contribution < -0.4 is 10.6 Å². The summed E-state index contributed by atoms with van der Waals surface area (Å²) < 4.78 is 0. The molecule has 0 heterocycles. The third-order valence-corrected chi connectivity index (χ3v) is 3.52. The molecule has 0 aliphatic heterocycles. The second-order valence-corrected chi connectivity index (χ2v) is 4.76. The number of benzene rings is 1. The molecule has 0 spiro atoms. The summed E-state index contributed by atoms with van der Waals surface area (Å²) in [5.41, 5.74) is 2.92. The number of carbonyl (C=O) groups excluding carboxylic acids is 1. The van der Waals surface area contributed by atoms with Gasteiger partial charge in [0.1, 0.15) is 0 Å². The van der Waals surface area contributed by atoms with Crippen LogP contribution in [0.4, 0.5) is 5.69 Å². The molecule has 2 rings (SSSR count). The normalized spacial score (nSPS) is 22.1. The number of nitrogens with one attached hydrogen (secondary N) is 2. The topological polar surface area (TPSA) is 41.1 Å². The van der Waals surface area contributed by atoms with Crippen molar-refractivity contribution in [3.63, 3.8) is 0 Å². The lowest BCUT2D eigenvalue weighted by Crippen LogP contribution is -2.26. The molecule has 92 valence electrons. The predicted molar refractivity (Wildman–Crippen MR) is 70.4 cm³/mol. The van der Waals surface area contributed by atoms with Gasteiger partial charge in [-0.3, -0.25) is 4.79 Å². The number of hydrogen-bond donors (Lipinski definition) is 2. The number of amides is 1. The molecule has 1 aliphatic rings. The highest BCUT2D eigenvalue weighted by Gasteiger charge is 2.36. The summed E-state index contributed by atoms with van der Waals surface area (Å²) in [5, 5.41) is 6.18. The van der Waals surface area contributed by atoms with Gasteiger partial charge in [0.2, 0.25) is 0 Å². The first-order valence-electron chi connectivity index (χ1n) is 6.25. The van der Waals surface area contributed by atoms with E-state index in [0.717, 1.165) is 29.7 Å². The van der Waals surface area contributed by atoms with Gasteiger partial charge in [0.05, 0.1) is 0 Å². The fourth-order valence-corrected chi connectivity index (χ4v) is 2.21. The molecule has 1 amide bonds. The van der Waals surface area contributed by atoms with Crippen LogP contribution >= 0.6 is 0 Å². The standard InChI is InChI=1S/C14H20N2O/c1-4-10-8-13(10)16-14(17)11-5-6-12(15-3)9(2)7-11/h5-7,10,13,15H,4,8H2,1-3H3,(H,16,17). The molecule has 3 heteroatoms. The summed E-state index contributed by atoms with van der Waals surface area (Å²) in [6.45, 7) is 4.18. The minimum atomic E-state index is 0.0525. The first-order chi connectivity index (χ1) is 8.15. The smallest absolute Gasteiger partial charge is 0.251 e. The fraction of sp³-hybridized carbons (Fsp3) is 0.500. The van der Waals surface area contributed by atoms with E-state index in [2.05, 4.69) is 17.6 Å². The van der Waals surface area contributed by atoms with E-state index in [1.807, 2.05) is 32.2 Å². The van der Waals surface area contributed by atoms with E-state index in [4.69, 9.17) is 0 Å². The zero-order valence-electron chi connectivity index (χ0n) is 10.7. The maximum absolute atomic E-state index is 12.0. The van der Waals surface area contributed by atoms with Crippen molar-refractivity contribution in [2.45, 2.75) is 32.7 Å². The monoisotopic (exact) mass is 232 g/mol. The summed E-state index contributed by atoms with van der Waals surface area (Å²) in [6, 6.07) is 6.16. The van der Waals surface area contributed by atoms with E-state index < -0.39 is 0 Å². The maximum atomic E-state index is 12.0. The lowest BCUT2D eigenvalue weighted by Gasteiger charge is -2.08. The highest BCUT2D eigenvalue weighted by Crippen LogP contribution is 2.33. The van der Waals surface area contributed by atoms with Crippen molar-refractivity contribution >= 4 is 11.6 Å². The zero-order valence-corrected chi connectivity index (χ0v) is 10.7. The van der Waals surface area contributed by atoms with Gasteiger partial charge in [-0.1, -0.05) is 13.3 Å². The summed E-state index contributed by atoms with van der Waals surface area (Å²) in [5.74, 6) is 0.744. The van der Waals surface area contributed by atoms with E-state index in [1.165, 1.54) is 0 Å². The van der Waals surface area contributed by atoms with Crippen LogP contribution in [-0.2, 0) is 0 Å². The van der Waals surface area contributed by atoms with Gasteiger partial charge >= 0.3 is 0 Å². The molecule has 3 nitrogen and oxygen atoms in total. The number of hydrogen-bond acceptors (Lipinski definition) is 2. The Hall–Kier alpha value is -1.51. The Kier molecular flexibility index (Phi) is 3.36. The van der Waals surface area contributed by atoms with Crippen LogP contribution in [0.15, 0.2) is 18.2 Å². The van der Waals surface area contributed by atoms with Crippen molar-refractivity contribution in [1.82, 2.24) is 5.32 Å². The van der Waals surface area contributed by atoms with E-state index in [9.17, 15) is 4.79 Å². The van der Waals surface area contributed by atoms with Gasteiger partial charge in [-0.25, -0.2) is 0 Å². The van der Waals surface area contributed by atoms with Crippen LogP contribution in [0, 0.1) is 12.8 Å². The molecule has 17 heavy (non-hydrogen) atoms. The van der Waals surface area contributed by atoms with Gasteiger partial charge in [0.15, 0.2) is 0 Å². The second-order valence-electron chi connectivity index (χ2n) is 4.76. The van der Waals surface area contributed by atoms with Crippen molar-refractivity contribution in [3.05, 3.63) is 29.3 Å². The minimum absolute atomic E-state index is 0.0525. The van der Waals surface area contributed by atoms with Crippen LogP contribution in [0.25, 0.3) is 0 Å². The second kappa shape index (κ2) is 4.78. The average Bonchev–Trinajstić information content (AvgIpc) is 3.07. The Morgan fingerprint density at radius 1 is 1.47 bits per heavy atom. The Bertz CT molecular complexity index is 428. The maximum Gasteiger partial charge on any atom is 0.251 e. The Labute approximate surface area is 103 Å². The van der Waals surface area contributed by atoms with Gasteiger partial charge in [-0.15, -0.1) is 0 Å². The number of rotatable bonds is 4. The molecule has 0 aromatic heterocycles. The lowest BCUT2D eigenvalue weighted by molar-refractivity contribution is 0.0949. The molecule has 0 saturated heterocycles. The van der Waals surface area contributed by atoms with Crippen molar-refractivity contribution in [2.75, 3.05) is 12.4 Å². The van der Waals surface area contributed by atoms with Crippen molar-refractivity contribution in [3.8, 4) is 0 Å². The molecule has 1 aliphatic carbocycles. The molecule has 1 aromatic carbocycles. The first-order valence-corrected chi connectivity index (χ1v) is 6.25. The molecule has 1 fully saturated rings. The zero-order chi connectivity index (χ0) is 12.4. The Morgan fingerprint density at radius 2 is 2.24 bits per heavy atom. The van der Waals surface area contributed by atoms with Crippen molar-refractivity contribution in [1.29, 1.82) is 0 Å². The average molecular weight is 232 g/mol. The van der Waals surface area contributed by atoms with Gasteiger partial charge in [-0.2, -0.15) is 0 Å². The minimum Gasteiger partial charge on any atom is -0.388 e. The highest BCUT2D eigenvalue weighted by molar-refractivity contribution is 5.95. The SMILES string of the molecule is CCC1CC1NC(=O)c1ccc(NC)c(C)c1. The lowest BCUT2D eigenvalue weighted by atomic mass is 10.1. The molecule has 2 unspecified atom stereocenters. The van der Waals surface area contributed by atoms with Gasteiger partial charge < -0.3 is 10.6 Å². The highest BCUT2D eigenvalue weighted by atomic mass is 16.1. The summed E-state index contributed by atoms with van der Waals surface area (Å²) in [4.78, 5) is 12.0. The largest absolute Gasteiger partial charge is 0.388 e. The molecule has 1 aromatic rings. The first kappa shape index (κ1) is 12.0. The van der Waals surface area contributed by atoms with Gasteiger partial charge in [0, 0.05) is 24.3 Å². The molecule has 2 atom stereocenters. The van der Waals surface area contributed by atoms with E-state index in [-0.39, 0.29) is 5.91 Å². The number of aryl methyl sites for hydroxylation is 1. The molecular weight excluding hydrogens is 212 g/mol.